The first-order valence-electron chi connectivity index (χ1n) is 8.13. The van der Waals surface area contributed by atoms with E-state index in [2.05, 4.69) is 20.4 Å². The number of amides is 2. The summed E-state index contributed by atoms with van der Waals surface area (Å²) in [6.07, 6.45) is 3.21. The van der Waals surface area contributed by atoms with Crippen LogP contribution in [0.2, 0.25) is 0 Å². The summed E-state index contributed by atoms with van der Waals surface area (Å²) in [6.45, 7) is 8.63. The minimum atomic E-state index is -0.0679. The molecule has 1 saturated heterocycles. The summed E-state index contributed by atoms with van der Waals surface area (Å²) in [5, 5.41) is 5.96. The highest BCUT2D eigenvalue weighted by molar-refractivity contribution is 5.82. The second-order valence-electron chi connectivity index (χ2n) is 6.12. The van der Waals surface area contributed by atoms with E-state index in [0.717, 1.165) is 52.0 Å². The van der Waals surface area contributed by atoms with Gasteiger partial charge in [0.05, 0.1) is 12.6 Å². The van der Waals surface area contributed by atoms with Crippen molar-refractivity contribution in [1.29, 1.82) is 0 Å². The lowest BCUT2D eigenvalue weighted by Crippen LogP contribution is -2.55. The second-order valence-corrected chi connectivity index (χ2v) is 6.12. The lowest BCUT2D eigenvalue weighted by atomic mass is 10.2. The quantitative estimate of drug-likeness (QED) is 0.683. The van der Waals surface area contributed by atoms with Crippen molar-refractivity contribution in [3.8, 4) is 0 Å². The van der Waals surface area contributed by atoms with Gasteiger partial charge in [-0.1, -0.05) is 6.92 Å². The molecule has 0 aromatic heterocycles. The summed E-state index contributed by atoms with van der Waals surface area (Å²) in [5.41, 5.74) is 0. The van der Waals surface area contributed by atoms with Crippen LogP contribution in [-0.4, -0.2) is 73.0 Å². The van der Waals surface area contributed by atoms with Crippen molar-refractivity contribution in [1.82, 2.24) is 20.4 Å². The summed E-state index contributed by atoms with van der Waals surface area (Å²) in [5.74, 6) is 0.247. The molecule has 6 heteroatoms. The molecule has 0 spiro atoms. The van der Waals surface area contributed by atoms with Crippen LogP contribution in [0.5, 0.6) is 0 Å². The van der Waals surface area contributed by atoms with Crippen molar-refractivity contribution in [3.05, 3.63) is 0 Å². The second kappa shape index (κ2) is 7.75. The van der Waals surface area contributed by atoms with E-state index in [9.17, 15) is 9.59 Å². The molecule has 1 saturated carbocycles. The van der Waals surface area contributed by atoms with Crippen LogP contribution in [-0.2, 0) is 9.59 Å². The Morgan fingerprint density at radius 2 is 1.86 bits per heavy atom. The fourth-order valence-electron chi connectivity index (χ4n) is 2.55. The van der Waals surface area contributed by atoms with Gasteiger partial charge in [-0.05, 0) is 26.2 Å². The number of nitrogens with zero attached hydrogens (tertiary/aromatic N) is 2. The Kier molecular flexibility index (Phi) is 5.99. The number of nitrogens with one attached hydrogen (secondary N) is 2. The van der Waals surface area contributed by atoms with Crippen molar-refractivity contribution in [2.75, 3.05) is 39.3 Å². The van der Waals surface area contributed by atoms with Crippen LogP contribution in [0, 0.1) is 0 Å². The number of carbonyl (C=O) groups excluding carboxylic acids is 2. The third kappa shape index (κ3) is 5.28. The van der Waals surface area contributed by atoms with Crippen molar-refractivity contribution >= 4 is 11.8 Å². The van der Waals surface area contributed by atoms with Gasteiger partial charge in [-0.25, -0.2) is 0 Å². The Morgan fingerprint density at radius 3 is 2.43 bits per heavy atom. The average Bonchev–Trinajstić information content (AvgIpc) is 3.29. The minimum absolute atomic E-state index is 0.0679. The van der Waals surface area contributed by atoms with Gasteiger partial charge >= 0.3 is 0 Å². The van der Waals surface area contributed by atoms with Crippen molar-refractivity contribution < 1.29 is 9.59 Å². The zero-order valence-corrected chi connectivity index (χ0v) is 13.2. The minimum Gasteiger partial charge on any atom is -0.355 e. The molecule has 1 unspecified atom stereocenters. The number of rotatable bonds is 7. The molecule has 0 aromatic rings. The van der Waals surface area contributed by atoms with Crippen LogP contribution < -0.4 is 10.6 Å². The first kappa shape index (κ1) is 16.2. The molecule has 0 bridgehead atoms. The Labute approximate surface area is 127 Å². The van der Waals surface area contributed by atoms with E-state index < -0.39 is 0 Å². The lowest BCUT2D eigenvalue weighted by Gasteiger charge is -2.37. The number of hydrogen-bond donors (Lipinski definition) is 2. The Hall–Kier alpha value is -1.14. The summed E-state index contributed by atoms with van der Waals surface area (Å²) in [6, 6.07) is 0.352. The van der Waals surface area contributed by atoms with Crippen LogP contribution in [0.1, 0.15) is 33.1 Å². The van der Waals surface area contributed by atoms with Crippen molar-refractivity contribution in [3.63, 3.8) is 0 Å². The van der Waals surface area contributed by atoms with E-state index in [4.69, 9.17) is 0 Å². The summed E-state index contributed by atoms with van der Waals surface area (Å²) < 4.78 is 0. The third-order valence-electron chi connectivity index (χ3n) is 4.20. The predicted molar refractivity (Wildman–Crippen MR) is 81.9 cm³/mol. The third-order valence-corrected chi connectivity index (χ3v) is 4.20. The van der Waals surface area contributed by atoms with E-state index in [0.29, 0.717) is 12.6 Å². The van der Waals surface area contributed by atoms with Crippen LogP contribution in [0.25, 0.3) is 0 Å². The van der Waals surface area contributed by atoms with Crippen LogP contribution in [0.4, 0.5) is 0 Å². The molecule has 2 amide bonds. The van der Waals surface area contributed by atoms with Gasteiger partial charge in [0.25, 0.3) is 0 Å². The van der Waals surface area contributed by atoms with E-state index in [1.807, 2.05) is 13.8 Å². The molecule has 6 nitrogen and oxygen atoms in total. The highest BCUT2D eigenvalue weighted by atomic mass is 16.2. The smallest absolute Gasteiger partial charge is 0.237 e. The van der Waals surface area contributed by atoms with E-state index >= 15 is 0 Å². The fraction of sp³-hybridized carbons (Fsp3) is 0.867. The molecule has 120 valence electrons. The van der Waals surface area contributed by atoms with Gasteiger partial charge < -0.3 is 10.6 Å². The molecule has 2 rings (SSSR count). The fourth-order valence-corrected chi connectivity index (χ4v) is 2.55. The monoisotopic (exact) mass is 296 g/mol. The topological polar surface area (TPSA) is 64.7 Å². The first-order valence-corrected chi connectivity index (χ1v) is 8.13. The summed E-state index contributed by atoms with van der Waals surface area (Å²) in [4.78, 5) is 28.1. The normalized spacial score (nSPS) is 21.8. The van der Waals surface area contributed by atoms with Gasteiger partial charge in [-0.15, -0.1) is 0 Å². The molecule has 21 heavy (non-hydrogen) atoms. The molecule has 1 aliphatic carbocycles. The summed E-state index contributed by atoms with van der Waals surface area (Å²) in [7, 11) is 0. The van der Waals surface area contributed by atoms with Crippen molar-refractivity contribution in [2.24, 2.45) is 0 Å². The van der Waals surface area contributed by atoms with E-state index in [1.54, 1.807) is 0 Å². The van der Waals surface area contributed by atoms with Crippen LogP contribution in [0.15, 0.2) is 0 Å². The van der Waals surface area contributed by atoms with E-state index in [1.165, 1.54) is 0 Å². The highest BCUT2D eigenvalue weighted by Crippen LogP contribution is 2.19. The lowest BCUT2D eigenvalue weighted by molar-refractivity contribution is -0.128. The Balaban J connectivity index is 1.67. The molecule has 1 heterocycles. The molecule has 0 aromatic carbocycles. The van der Waals surface area contributed by atoms with Gasteiger partial charge in [0.15, 0.2) is 0 Å². The Bertz CT molecular complexity index is 363. The standard InChI is InChI=1S/C15H28N4O2/c1-3-6-16-14(20)11-18-7-9-19(10-8-18)12(2)15(21)17-13-4-5-13/h12-13H,3-11H2,1-2H3,(H,16,20)(H,17,21). The number of hydrogen-bond acceptors (Lipinski definition) is 4. The molecular formula is C15H28N4O2. The molecular weight excluding hydrogens is 268 g/mol. The zero-order valence-electron chi connectivity index (χ0n) is 13.2. The van der Waals surface area contributed by atoms with Crippen LogP contribution in [0.3, 0.4) is 0 Å². The first-order chi connectivity index (χ1) is 10.1. The van der Waals surface area contributed by atoms with Crippen LogP contribution >= 0.6 is 0 Å². The zero-order chi connectivity index (χ0) is 15.2. The SMILES string of the molecule is CCCNC(=O)CN1CCN(C(C)C(=O)NC2CC2)CC1. The highest BCUT2D eigenvalue weighted by Gasteiger charge is 2.30. The number of piperazine rings is 1. The molecule has 1 atom stereocenters. The van der Waals surface area contributed by atoms with E-state index in [-0.39, 0.29) is 17.9 Å². The molecule has 1 aliphatic heterocycles. The summed E-state index contributed by atoms with van der Waals surface area (Å²) >= 11 is 0. The van der Waals surface area contributed by atoms with Gasteiger partial charge in [0.1, 0.15) is 0 Å². The molecule has 2 fully saturated rings. The van der Waals surface area contributed by atoms with Gasteiger partial charge in [-0.2, -0.15) is 0 Å². The maximum absolute atomic E-state index is 12.0. The average molecular weight is 296 g/mol. The Morgan fingerprint density at radius 1 is 1.19 bits per heavy atom. The van der Waals surface area contributed by atoms with Gasteiger partial charge in [0.2, 0.25) is 11.8 Å². The van der Waals surface area contributed by atoms with Crippen molar-refractivity contribution in [2.45, 2.75) is 45.2 Å². The predicted octanol–water partition coefficient (Wildman–Crippen LogP) is -0.203. The largest absolute Gasteiger partial charge is 0.355 e. The molecule has 0 radical (unpaired) electrons. The van der Waals surface area contributed by atoms with Gasteiger partial charge in [-0.3, -0.25) is 19.4 Å². The number of carbonyl (C=O) groups is 2. The molecule has 2 aliphatic rings. The maximum atomic E-state index is 12.0. The molecule has 2 N–H and O–H groups in total. The van der Waals surface area contributed by atoms with Gasteiger partial charge in [0, 0.05) is 38.8 Å². The maximum Gasteiger partial charge on any atom is 0.237 e.